The van der Waals surface area contributed by atoms with Gasteiger partial charge in [0, 0.05) is 47.7 Å². The van der Waals surface area contributed by atoms with Crippen molar-refractivity contribution in [1.82, 2.24) is 9.78 Å². The molecule has 1 N–H and O–H groups in total. The molecule has 0 spiro atoms. The van der Waals surface area contributed by atoms with Crippen LogP contribution in [0.25, 0.3) is 11.3 Å². The number of benzene rings is 4. The Morgan fingerprint density at radius 2 is 1.41 bits per heavy atom. The van der Waals surface area contributed by atoms with Gasteiger partial charge in [0.15, 0.2) is 0 Å². The van der Waals surface area contributed by atoms with Crippen LogP contribution in [0, 0.1) is 0 Å². The average molecular weight is 609 g/mol. The maximum absolute atomic E-state index is 13.4. The van der Waals surface area contributed by atoms with Gasteiger partial charge in [0.2, 0.25) is 0 Å². The molecule has 5 aromatic rings. The van der Waals surface area contributed by atoms with E-state index in [0.29, 0.717) is 40.2 Å². The monoisotopic (exact) mass is 608 g/mol. The Kier molecular flexibility index (Phi) is 10.2. The number of nitrogens with one attached hydrogen (secondary N) is 1. The van der Waals surface area contributed by atoms with Crippen LogP contribution in [0.1, 0.15) is 44.1 Å². The molecule has 0 saturated carbocycles. The number of nitrogens with zero attached hydrogens (tertiary/aromatic N) is 3. The van der Waals surface area contributed by atoms with Crippen LogP contribution in [-0.2, 0) is 6.54 Å². The molecule has 0 saturated heterocycles. The quantitative estimate of drug-likeness (QED) is 0.144. The van der Waals surface area contributed by atoms with Crippen LogP contribution < -0.4 is 19.7 Å². The number of carbonyl (C=O) groups excluding carboxylic acids is 1. The lowest BCUT2D eigenvalue weighted by Gasteiger charge is -2.21. The lowest BCUT2D eigenvalue weighted by Crippen LogP contribution is -2.21. The fraction of sp³-hybridized carbons (Fsp3) is 0.222. The summed E-state index contributed by atoms with van der Waals surface area (Å²) in [5.41, 5.74) is 3.91. The predicted molar refractivity (Wildman–Crippen MR) is 179 cm³/mol. The molecule has 0 radical (unpaired) electrons. The fourth-order valence-corrected chi connectivity index (χ4v) is 4.95. The number of unbranched alkanes of at least 4 members (excludes halogenated alkanes) is 1. The lowest BCUT2D eigenvalue weighted by molar-refractivity contribution is 0.101. The van der Waals surface area contributed by atoms with Crippen molar-refractivity contribution in [2.24, 2.45) is 0 Å². The first-order chi connectivity index (χ1) is 21.4. The zero-order valence-electron chi connectivity index (χ0n) is 25.3. The normalized spacial score (nSPS) is 10.8. The number of anilines is 2. The van der Waals surface area contributed by atoms with Crippen molar-refractivity contribution in [3.05, 3.63) is 114 Å². The second-order valence-electron chi connectivity index (χ2n) is 10.3. The van der Waals surface area contributed by atoms with Crippen LogP contribution in [0.3, 0.4) is 0 Å². The van der Waals surface area contributed by atoms with Gasteiger partial charge in [-0.2, -0.15) is 5.10 Å². The van der Waals surface area contributed by atoms with Crippen molar-refractivity contribution in [2.45, 2.75) is 40.2 Å². The Labute approximate surface area is 264 Å². The van der Waals surface area contributed by atoms with Gasteiger partial charge in [-0.1, -0.05) is 31.0 Å². The minimum absolute atomic E-state index is 0.219. The van der Waals surface area contributed by atoms with Gasteiger partial charge in [0.25, 0.3) is 5.91 Å². The molecule has 1 aromatic heterocycles. The zero-order chi connectivity index (χ0) is 30.9. The molecule has 44 heavy (non-hydrogen) atoms. The smallest absolute Gasteiger partial charge is 0.273 e. The third kappa shape index (κ3) is 7.79. The van der Waals surface area contributed by atoms with Crippen LogP contribution in [0.2, 0.25) is 5.02 Å². The molecule has 5 rings (SSSR count). The van der Waals surface area contributed by atoms with E-state index in [1.165, 1.54) is 0 Å². The maximum atomic E-state index is 13.4. The number of aryl methyl sites for hydroxylation is 1. The molecule has 1 amide bonds. The summed E-state index contributed by atoms with van der Waals surface area (Å²) in [6.07, 6.45) is 1.91. The fourth-order valence-electron chi connectivity index (χ4n) is 4.82. The molecule has 4 aromatic carbocycles. The predicted octanol–water partition coefficient (Wildman–Crippen LogP) is 9.69. The standard InChI is InChI=1S/C36H37ClN4O3/c1-4-7-23-41-35(25-34(39-41)26-11-17-30(18-12-26)43-31-19-13-27(37)14-20-31)36(42)38-28-15-21-32(22-16-28)44-33-10-8-9-29(24-33)40(5-2)6-3/h8-22,24-25H,4-7,23H2,1-3H3,(H,38,42). The summed E-state index contributed by atoms with van der Waals surface area (Å²) < 4.78 is 13.8. The van der Waals surface area contributed by atoms with Gasteiger partial charge in [0.05, 0.1) is 5.69 Å². The first kappa shape index (κ1) is 30.7. The summed E-state index contributed by atoms with van der Waals surface area (Å²) in [5.74, 6) is 2.64. The van der Waals surface area contributed by atoms with E-state index in [0.717, 1.165) is 48.6 Å². The Morgan fingerprint density at radius 3 is 2.05 bits per heavy atom. The van der Waals surface area contributed by atoms with Crippen LogP contribution in [0.5, 0.6) is 23.0 Å². The Balaban J connectivity index is 1.27. The highest BCUT2D eigenvalue weighted by atomic mass is 35.5. The van der Waals surface area contributed by atoms with E-state index < -0.39 is 0 Å². The molecule has 0 aliphatic carbocycles. The Bertz CT molecular complexity index is 1660. The van der Waals surface area contributed by atoms with Crippen molar-refractivity contribution < 1.29 is 14.3 Å². The largest absolute Gasteiger partial charge is 0.457 e. The minimum atomic E-state index is -0.219. The highest BCUT2D eigenvalue weighted by molar-refractivity contribution is 6.30. The van der Waals surface area contributed by atoms with Crippen LogP contribution >= 0.6 is 11.6 Å². The second kappa shape index (κ2) is 14.6. The van der Waals surface area contributed by atoms with Gasteiger partial charge < -0.3 is 19.7 Å². The van der Waals surface area contributed by atoms with Gasteiger partial charge >= 0.3 is 0 Å². The summed E-state index contributed by atoms with van der Waals surface area (Å²) in [4.78, 5) is 15.7. The molecular formula is C36H37ClN4O3. The third-order valence-electron chi connectivity index (χ3n) is 7.23. The number of aromatic nitrogens is 2. The highest BCUT2D eigenvalue weighted by Crippen LogP contribution is 2.29. The van der Waals surface area contributed by atoms with E-state index in [1.807, 2.05) is 84.9 Å². The molecule has 0 aliphatic heterocycles. The van der Waals surface area contributed by atoms with Crippen molar-refractivity contribution in [3.63, 3.8) is 0 Å². The van der Waals surface area contributed by atoms with E-state index >= 15 is 0 Å². The third-order valence-corrected chi connectivity index (χ3v) is 7.48. The van der Waals surface area contributed by atoms with Gasteiger partial charge in [-0.25, -0.2) is 0 Å². The molecule has 0 aliphatic rings. The number of rotatable bonds is 13. The second-order valence-corrected chi connectivity index (χ2v) is 10.8. The van der Waals surface area contributed by atoms with Gasteiger partial charge in [-0.15, -0.1) is 0 Å². The molecule has 0 fully saturated rings. The van der Waals surface area contributed by atoms with E-state index in [-0.39, 0.29) is 5.91 Å². The summed E-state index contributed by atoms with van der Waals surface area (Å²) in [7, 11) is 0. The topological polar surface area (TPSA) is 68.6 Å². The van der Waals surface area contributed by atoms with E-state index in [4.69, 9.17) is 26.2 Å². The summed E-state index contributed by atoms with van der Waals surface area (Å²) in [6, 6.07) is 32.2. The highest BCUT2D eigenvalue weighted by Gasteiger charge is 2.17. The number of carbonyl (C=O) groups is 1. The SMILES string of the molecule is CCCCn1nc(-c2ccc(Oc3ccc(Cl)cc3)cc2)cc1C(=O)Nc1ccc(Oc2cccc(N(CC)CC)c2)cc1. The minimum Gasteiger partial charge on any atom is -0.457 e. The maximum Gasteiger partial charge on any atom is 0.273 e. The number of hydrogen-bond donors (Lipinski definition) is 1. The summed E-state index contributed by atoms with van der Waals surface area (Å²) in [6.45, 7) is 8.90. The van der Waals surface area contributed by atoms with Crippen molar-refractivity contribution >= 4 is 28.9 Å². The zero-order valence-corrected chi connectivity index (χ0v) is 26.1. The molecule has 7 nitrogen and oxygen atoms in total. The molecule has 0 bridgehead atoms. The summed E-state index contributed by atoms with van der Waals surface area (Å²) in [5, 5.41) is 8.45. The molecule has 226 valence electrons. The van der Waals surface area contributed by atoms with E-state index in [9.17, 15) is 4.79 Å². The van der Waals surface area contributed by atoms with Crippen molar-refractivity contribution in [3.8, 4) is 34.3 Å². The molecule has 1 heterocycles. The average Bonchev–Trinajstić information content (AvgIpc) is 3.48. The molecule has 8 heteroatoms. The first-order valence-electron chi connectivity index (χ1n) is 15.0. The Morgan fingerprint density at radius 1 is 0.795 bits per heavy atom. The van der Waals surface area contributed by atoms with E-state index in [2.05, 4.69) is 37.1 Å². The van der Waals surface area contributed by atoms with Gasteiger partial charge in [0.1, 0.15) is 28.7 Å². The van der Waals surface area contributed by atoms with Crippen LogP contribution in [-0.4, -0.2) is 28.8 Å². The number of ether oxygens (including phenoxy) is 2. The number of halogens is 1. The Hall–Kier alpha value is -4.75. The number of amides is 1. The molecule has 0 atom stereocenters. The van der Waals surface area contributed by atoms with Crippen molar-refractivity contribution in [1.29, 1.82) is 0 Å². The molecule has 0 unspecified atom stereocenters. The lowest BCUT2D eigenvalue weighted by atomic mass is 10.1. The van der Waals surface area contributed by atoms with Crippen molar-refractivity contribution in [2.75, 3.05) is 23.3 Å². The number of hydrogen-bond acceptors (Lipinski definition) is 5. The van der Waals surface area contributed by atoms with Crippen LogP contribution in [0.15, 0.2) is 103 Å². The molecular weight excluding hydrogens is 572 g/mol. The first-order valence-corrected chi connectivity index (χ1v) is 15.4. The van der Waals surface area contributed by atoms with Crippen LogP contribution in [0.4, 0.5) is 11.4 Å². The van der Waals surface area contributed by atoms with E-state index in [1.54, 1.807) is 16.8 Å². The van der Waals surface area contributed by atoms with Gasteiger partial charge in [-0.3, -0.25) is 9.48 Å². The van der Waals surface area contributed by atoms with Gasteiger partial charge in [-0.05, 0) is 111 Å². The summed E-state index contributed by atoms with van der Waals surface area (Å²) >= 11 is 5.97.